The van der Waals surface area contributed by atoms with Crippen molar-refractivity contribution in [2.45, 2.75) is 167 Å². The first-order chi connectivity index (χ1) is 21.3. The summed E-state index contributed by atoms with van der Waals surface area (Å²) >= 11 is 0. The summed E-state index contributed by atoms with van der Waals surface area (Å²) < 4.78 is 21.9. The lowest BCUT2D eigenvalue weighted by Gasteiger charge is -2.24. The Labute approximate surface area is 269 Å². The second-order valence-corrected chi connectivity index (χ2v) is 13.4. The predicted molar refractivity (Wildman–Crippen MR) is 181 cm³/mol. The molecule has 0 fully saturated rings. The highest BCUT2D eigenvalue weighted by atomic mass is 31.2. The molecule has 44 heavy (non-hydrogen) atoms. The van der Waals surface area contributed by atoms with Gasteiger partial charge in [-0.3, -0.25) is 13.8 Å². The van der Waals surface area contributed by atoms with Crippen LogP contribution in [-0.4, -0.2) is 59.0 Å². The van der Waals surface area contributed by atoms with Gasteiger partial charge in [0.25, 0.3) is 0 Å². The van der Waals surface area contributed by atoms with Gasteiger partial charge in [-0.2, -0.15) is 0 Å². The maximum absolute atomic E-state index is 12.7. The molecule has 0 spiro atoms. The summed E-state index contributed by atoms with van der Waals surface area (Å²) in [7, 11) is -4.39. The SMILES string of the molecule is CCCCCCCC/C=C/CC/C=C/C(O)C(COP(=O)(O)OCCN)NC(=O)CC(O)CCCCCCCCCCCC. The van der Waals surface area contributed by atoms with E-state index in [1.807, 2.05) is 6.08 Å². The third kappa shape index (κ3) is 28.4. The van der Waals surface area contributed by atoms with Gasteiger partial charge in [-0.1, -0.05) is 134 Å². The van der Waals surface area contributed by atoms with Crippen molar-refractivity contribution in [3.05, 3.63) is 24.3 Å². The smallest absolute Gasteiger partial charge is 0.393 e. The average molecular weight is 647 g/mol. The fourth-order valence-electron chi connectivity index (χ4n) is 4.90. The summed E-state index contributed by atoms with van der Waals surface area (Å²) in [5, 5.41) is 23.8. The van der Waals surface area contributed by atoms with E-state index in [0.29, 0.717) is 12.8 Å². The van der Waals surface area contributed by atoms with E-state index in [1.165, 1.54) is 83.5 Å². The van der Waals surface area contributed by atoms with E-state index in [9.17, 15) is 24.5 Å². The van der Waals surface area contributed by atoms with E-state index in [0.717, 1.165) is 32.1 Å². The molecule has 0 saturated heterocycles. The highest BCUT2D eigenvalue weighted by Crippen LogP contribution is 2.43. The number of unbranched alkanes of at least 4 members (excludes halogenated alkanes) is 16. The van der Waals surface area contributed by atoms with Crippen LogP contribution in [0.25, 0.3) is 0 Å². The zero-order valence-corrected chi connectivity index (χ0v) is 28.9. The van der Waals surface area contributed by atoms with Crippen LogP contribution in [0.5, 0.6) is 0 Å². The minimum absolute atomic E-state index is 0.0454. The van der Waals surface area contributed by atoms with Crippen molar-refractivity contribution in [2.24, 2.45) is 5.73 Å². The van der Waals surface area contributed by atoms with E-state index >= 15 is 0 Å². The lowest BCUT2D eigenvalue weighted by atomic mass is 10.0. The van der Waals surface area contributed by atoms with E-state index in [2.05, 4.69) is 31.3 Å². The summed E-state index contributed by atoms with van der Waals surface area (Å²) in [6, 6.07) is -0.992. The molecular weight excluding hydrogens is 579 g/mol. The van der Waals surface area contributed by atoms with Crippen molar-refractivity contribution in [1.29, 1.82) is 0 Å². The number of carbonyl (C=O) groups is 1. The Bertz CT molecular complexity index is 766. The Morgan fingerprint density at radius 1 is 0.773 bits per heavy atom. The Morgan fingerprint density at radius 3 is 1.89 bits per heavy atom. The highest BCUT2D eigenvalue weighted by Gasteiger charge is 2.27. The first kappa shape index (κ1) is 42.9. The average Bonchev–Trinajstić information content (AvgIpc) is 2.99. The number of phosphoric acid groups is 1. The van der Waals surface area contributed by atoms with Crippen LogP contribution in [0.1, 0.15) is 149 Å². The van der Waals surface area contributed by atoms with Crippen LogP contribution in [0.15, 0.2) is 24.3 Å². The van der Waals surface area contributed by atoms with Gasteiger partial charge in [0, 0.05) is 6.54 Å². The summed E-state index contributed by atoms with van der Waals surface area (Å²) in [6.45, 7) is 3.89. The molecule has 1 amide bonds. The maximum Gasteiger partial charge on any atom is 0.472 e. The standard InChI is InChI=1S/C34H67N2O7P/c1-3-5-7-9-11-13-15-16-18-20-22-24-26-33(38)32(30-43-44(40,41)42-28-27-35)36-34(39)29-31(37)25-23-21-19-17-14-12-10-8-6-4-2/h16,18,24,26,31-33,37-38H,3-15,17,19-23,25,27-30,35H2,1-2H3,(H,36,39)(H,40,41)/b18-16+,26-24+. The number of hydrogen-bond donors (Lipinski definition) is 5. The molecule has 260 valence electrons. The van der Waals surface area contributed by atoms with Crippen molar-refractivity contribution in [2.75, 3.05) is 19.8 Å². The lowest BCUT2D eigenvalue weighted by Crippen LogP contribution is -2.46. The van der Waals surface area contributed by atoms with Crippen LogP contribution in [0.2, 0.25) is 0 Å². The number of aliphatic hydroxyl groups is 2. The van der Waals surface area contributed by atoms with Gasteiger partial charge in [0.2, 0.25) is 5.91 Å². The molecule has 0 saturated carbocycles. The molecule has 10 heteroatoms. The number of carbonyl (C=O) groups excluding carboxylic acids is 1. The van der Waals surface area contributed by atoms with E-state index in [-0.39, 0.29) is 19.6 Å². The highest BCUT2D eigenvalue weighted by molar-refractivity contribution is 7.47. The van der Waals surface area contributed by atoms with Crippen LogP contribution in [0.4, 0.5) is 0 Å². The molecule has 0 bridgehead atoms. The Hall–Kier alpha value is -1.06. The number of phosphoric ester groups is 1. The Morgan fingerprint density at radius 2 is 1.30 bits per heavy atom. The fraction of sp³-hybridized carbons (Fsp3) is 0.853. The van der Waals surface area contributed by atoms with Gasteiger partial charge in [-0.05, 0) is 32.1 Å². The molecule has 0 aromatic rings. The fourth-order valence-corrected chi connectivity index (χ4v) is 5.65. The minimum atomic E-state index is -4.39. The van der Waals surface area contributed by atoms with Gasteiger partial charge in [0.15, 0.2) is 0 Å². The van der Waals surface area contributed by atoms with Crippen LogP contribution in [0, 0.1) is 0 Å². The molecule has 0 aromatic heterocycles. The second-order valence-electron chi connectivity index (χ2n) is 11.9. The maximum atomic E-state index is 12.7. The van der Waals surface area contributed by atoms with E-state index < -0.39 is 38.6 Å². The molecular formula is C34H67N2O7P. The molecule has 0 radical (unpaired) electrons. The van der Waals surface area contributed by atoms with Crippen molar-refractivity contribution in [1.82, 2.24) is 5.32 Å². The van der Waals surface area contributed by atoms with Crippen molar-refractivity contribution in [3.8, 4) is 0 Å². The molecule has 0 aliphatic rings. The van der Waals surface area contributed by atoms with E-state index in [1.54, 1.807) is 6.08 Å². The van der Waals surface area contributed by atoms with Crippen molar-refractivity contribution in [3.63, 3.8) is 0 Å². The van der Waals surface area contributed by atoms with Crippen LogP contribution in [-0.2, 0) is 18.4 Å². The van der Waals surface area contributed by atoms with Gasteiger partial charge < -0.3 is 26.2 Å². The number of nitrogens with one attached hydrogen (secondary N) is 1. The lowest BCUT2D eigenvalue weighted by molar-refractivity contribution is -0.124. The van der Waals surface area contributed by atoms with Gasteiger partial charge >= 0.3 is 7.82 Å². The third-order valence-corrected chi connectivity index (χ3v) is 8.57. The number of amides is 1. The molecule has 9 nitrogen and oxygen atoms in total. The summed E-state index contributed by atoms with van der Waals surface area (Å²) in [5.74, 6) is -0.459. The number of allylic oxidation sites excluding steroid dienone is 3. The van der Waals surface area contributed by atoms with Gasteiger partial charge in [0.1, 0.15) is 0 Å². The van der Waals surface area contributed by atoms with Gasteiger partial charge in [-0.15, -0.1) is 0 Å². The summed E-state index contributed by atoms with van der Waals surface area (Å²) in [4.78, 5) is 22.5. The zero-order valence-electron chi connectivity index (χ0n) is 28.0. The zero-order chi connectivity index (χ0) is 32.7. The molecule has 4 unspecified atom stereocenters. The molecule has 0 rings (SSSR count). The quantitative estimate of drug-likeness (QED) is 0.0284. The molecule has 4 atom stereocenters. The summed E-state index contributed by atoms with van der Waals surface area (Å²) in [5.41, 5.74) is 5.33. The second kappa shape index (κ2) is 30.6. The monoisotopic (exact) mass is 646 g/mol. The van der Waals surface area contributed by atoms with Gasteiger partial charge in [-0.25, -0.2) is 4.57 Å². The molecule has 0 aliphatic carbocycles. The number of rotatable bonds is 32. The van der Waals surface area contributed by atoms with Crippen LogP contribution >= 0.6 is 7.82 Å². The van der Waals surface area contributed by atoms with Crippen LogP contribution < -0.4 is 11.1 Å². The largest absolute Gasteiger partial charge is 0.472 e. The predicted octanol–water partition coefficient (Wildman–Crippen LogP) is 7.63. The number of nitrogens with two attached hydrogens (primary N) is 1. The molecule has 6 N–H and O–H groups in total. The number of hydrogen-bond acceptors (Lipinski definition) is 7. The van der Waals surface area contributed by atoms with Crippen molar-refractivity contribution < 1.29 is 33.5 Å². The third-order valence-electron chi connectivity index (χ3n) is 7.58. The molecule has 0 aliphatic heterocycles. The van der Waals surface area contributed by atoms with E-state index in [4.69, 9.17) is 14.8 Å². The number of aliphatic hydroxyl groups excluding tert-OH is 2. The van der Waals surface area contributed by atoms with Gasteiger partial charge in [0.05, 0.1) is 37.9 Å². The first-order valence-corrected chi connectivity index (χ1v) is 19.0. The minimum Gasteiger partial charge on any atom is -0.393 e. The Balaban J connectivity index is 4.57. The topological polar surface area (TPSA) is 151 Å². The van der Waals surface area contributed by atoms with Crippen molar-refractivity contribution >= 4 is 13.7 Å². The Kier molecular flexibility index (Phi) is 29.8. The molecule has 0 aromatic carbocycles. The van der Waals surface area contributed by atoms with Crippen LogP contribution in [0.3, 0.4) is 0 Å². The normalized spacial score (nSPS) is 15.5. The summed E-state index contributed by atoms with van der Waals surface area (Å²) in [6.07, 6.45) is 28.4. The first-order valence-electron chi connectivity index (χ1n) is 17.5. The molecule has 0 heterocycles.